The summed E-state index contributed by atoms with van der Waals surface area (Å²) in [6.07, 6.45) is 3.25. The Morgan fingerprint density at radius 1 is 1.58 bits per heavy atom. The molecule has 19 heavy (non-hydrogen) atoms. The lowest BCUT2D eigenvalue weighted by atomic mass is 10.2. The van der Waals surface area contributed by atoms with Crippen molar-refractivity contribution in [2.24, 2.45) is 5.10 Å². The normalized spacial score (nSPS) is 10.9. The third-order valence-corrected chi connectivity index (χ3v) is 2.38. The smallest absolute Gasteiger partial charge is 0.267 e. The molecule has 0 saturated heterocycles. The highest BCUT2D eigenvalue weighted by Gasteiger charge is 2.10. The monoisotopic (exact) mass is 261 g/mol. The molecule has 0 spiro atoms. The molecule has 0 fully saturated rings. The molecule has 1 rings (SSSR count). The Bertz CT molecular complexity index is 524. The van der Waals surface area contributed by atoms with Crippen LogP contribution in [-0.4, -0.2) is 16.5 Å². The quantitative estimate of drug-likeness (QED) is 0.370. The molecule has 0 unspecified atom stereocenters. The molecule has 0 heterocycles. The van der Waals surface area contributed by atoms with E-state index in [2.05, 4.69) is 17.1 Å². The average molecular weight is 261 g/mol. The van der Waals surface area contributed by atoms with Gasteiger partial charge in [-0.15, -0.1) is 6.58 Å². The summed E-state index contributed by atoms with van der Waals surface area (Å²) >= 11 is 0. The average Bonchev–Trinajstić information content (AvgIpc) is 2.42. The van der Waals surface area contributed by atoms with Crippen LogP contribution in [0, 0.1) is 10.1 Å². The zero-order valence-electron chi connectivity index (χ0n) is 10.6. The number of nitro groups is 1. The van der Waals surface area contributed by atoms with Crippen LogP contribution in [0.15, 0.2) is 42.0 Å². The second kappa shape index (κ2) is 7.05. The summed E-state index contributed by atoms with van der Waals surface area (Å²) in [5.41, 5.74) is 3.21. The highest BCUT2D eigenvalue weighted by atomic mass is 16.6. The standard InChI is InChI=1S/C13H15N3O3/c1-3-4-6-10(2)14-15-13(17)11-7-5-8-12(9-11)16(18)19/h3,5,7-9H,1,4,6H2,2H3,(H,15,17)/b14-10+. The van der Waals surface area contributed by atoms with Gasteiger partial charge in [-0.2, -0.15) is 5.10 Å². The first-order chi connectivity index (χ1) is 9.04. The van der Waals surface area contributed by atoms with Crippen LogP contribution in [0.2, 0.25) is 0 Å². The van der Waals surface area contributed by atoms with Crippen molar-refractivity contribution in [3.05, 3.63) is 52.6 Å². The Hall–Kier alpha value is -2.50. The van der Waals surface area contributed by atoms with Crippen molar-refractivity contribution in [1.82, 2.24) is 5.43 Å². The minimum atomic E-state index is -0.546. The van der Waals surface area contributed by atoms with Gasteiger partial charge in [0.1, 0.15) is 0 Å². The van der Waals surface area contributed by atoms with E-state index in [0.717, 1.165) is 12.1 Å². The Labute approximate surface area is 111 Å². The molecule has 0 atom stereocenters. The van der Waals surface area contributed by atoms with Crippen LogP contribution in [0.3, 0.4) is 0 Å². The summed E-state index contributed by atoms with van der Waals surface area (Å²) < 4.78 is 0. The maximum absolute atomic E-state index is 11.7. The number of benzene rings is 1. The van der Waals surface area contributed by atoms with Crippen molar-refractivity contribution in [3.63, 3.8) is 0 Å². The van der Waals surface area contributed by atoms with Crippen LogP contribution in [0.4, 0.5) is 5.69 Å². The number of carbonyl (C=O) groups excluding carboxylic acids is 1. The molecule has 6 nitrogen and oxygen atoms in total. The van der Waals surface area contributed by atoms with E-state index in [1.807, 2.05) is 0 Å². The van der Waals surface area contributed by atoms with Gasteiger partial charge in [-0.25, -0.2) is 5.43 Å². The predicted molar refractivity (Wildman–Crippen MR) is 73.1 cm³/mol. The van der Waals surface area contributed by atoms with E-state index in [1.54, 1.807) is 13.0 Å². The van der Waals surface area contributed by atoms with E-state index < -0.39 is 10.8 Å². The third-order valence-electron chi connectivity index (χ3n) is 2.38. The molecule has 1 aromatic carbocycles. The van der Waals surface area contributed by atoms with Crippen molar-refractivity contribution in [2.75, 3.05) is 0 Å². The molecule has 100 valence electrons. The fourth-order valence-corrected chi connectivity index (χ4v) is 1.34. The van der Waals surface area contributed by atoms with Gasteiger partial charge < -0.3 is 0 Å². The lowest BCUT2D eigenvalue weighted by molar-refractivity contribution is -0.384. The van der Waals surface area contributed by atoms with Crippen molar-refractivity contribution >= 4 is 17.3 Å². The van der Waals surface area contributed by atoms with Gasteiger partial charge in [-0.3, -0.25) is 14.9 Å². The highest BCUT2D eigenvalue weighted by molar-refractivity contribution is 5.95. The number of carbonyl (C=O) groups is 1. The molecule has 1 amide bonds. The summed E-state index contributed by atoms with van der Waals surface area (Å²) in [6, 6.07) is 5.50. The molecule has 0 aliphatic heterocycles. The van der Waals surface area contributed by atoms with Gasteiger partial charge in [0.15, 0.2) is 0 Å². The van der Waals surface area contributed by atoms with E-state index in [0.29, 0.717) is 6.42 Å². The van der Waals surface area contributed by atoms with Gasteiger partial charge in [0.25, 0.3) is 11.6 Å². The lowest BCUT2D eigenvalue weighted by Gasteiger charge is -2.02. The van der Waals surface area contributed by atoms with E-state index in [4.69, 9.17) is 0 Å². The summed E-state index contributed by atoms with van der Waals surface area (Å²) in [4.78, 5) is 21.8. The molecule has 1 aromatic rings. The summed E-state index contributed by atoms with van der Waals surface area (Å²) in [6.45, 7) is 5.38. The zero-order valence-corrected chi connectivity index (χ0v) is 10.6. The fraction of sp³-hybridized carbons (Fsp3) is 0.231. The molecule has 0 aromatic heterocycles. The largest absolute Gasteiger partial charge is 0.271 e. The first kappa shape index (κ1) is 14.6. The van der Waals surface area contributed by atoms with Crippen LogP contribution < -0.4 is 5.43 Å². The summed E-state index contributed by atoms with van der Waals surface area (Å²) in [5, 5.41) is 14.5. The maximum atomic E-state index is 11.7. The number of hydrogen-bond donors (Lipinski definition) is 1. The van der Waals surface area contributed by atoms with Crippen LogP contribution in [-0.2, 0) is 0 Å². The lowest BCUT2D eigenvalue weighted by Crippen LogP contribution is -2.19. The van der Waals surface area contributed by atoms with Gasteiger partial charge in [0.05, 0.1) is 4.92 Å². The zero-order chi connectivity index (χ0) is 14.3. The van der Waals surface area contributed by atoms with Crippen molar-refractivity contribution in [3.8, 4) is 0 Å². The van der Waals surface area contributed by atoms with Crippen LogP contribution in [0.1, 0.15) is 30.1 Å². The maximum Gasteiger partial charge on any atom is 0.271 e. The molecule has 0 aliphatic carbocycles. The number of amides is 1. The molecule has 0 radical (unpaired) electrons. The summed E-state index contributed by atoms with van der Waals surface area (Å²) in [7, 11) is 0. The topological polar surface area (TPSA) is 84.6 Å². The van der Waals surface area contributed by atoms with Gasteiger partial charge in [-0.05, 0) is 25.8 Å². The van der Waals surface area contributed by atoms with Gasteiger partial charge in [0.2, 0.25) is 0 Å². The molecular formula is C13H15N3O3. The first-order valence-corrected chi connectivity index (χ1v) is 5.73. The molecule has 1 N–H and O–H groups in total. The van der Waals surface area contributed by atoms with Crippen LogP contribution in [0.5, 0.6) is 0 Å². The van der Waals surface area contributed by atoms with Gasteiger partial charge in [0, 0.05) is 23.4 Å². The molecule has 6 heteroatoms. The number of nitrogens with zero attached hydrogens (tertiary/aromatic N) is 2. The van der Waals surface area contributed by atoms with Gasteiger partial charge >= 0.3 is 0 Å². The number of nitro benzene ring substituents is 1. The highest BCUT2D eigenvalue weighted by Crippen LogP contribution is 2.12. The Morgan fingerprint density at radius 3 is 2.95 bits per heavy atom. The Balaban J connectivity index is 2.70. The van der Waals surface area contributed by atoms with Crippen molar-refractivity contribution in [2.45, 2.75) is 19.8 Å². The predicted octanol–water partition coefficient (Wildman–Crippen LogP) is 2.67. The second-order valence-corrected chi connectivity index (χ2v) is 3.92. The molecule has 0 aliphatic rings. The minimum absolute atomic E-state index is 0.125. The summed E-state index contributed by atoms with van der Waals surface area (Å²) in [5.74, 6) is -0.471. The molecular weight excluding hydrogens is 246 g/mol. The Morgan fingerprint density at radius 2 is 2.32 bits per heavy atom. The van der Waals surface area contributed by atoms with Crippen molar-refractivity contribution in [1.29, 1.82) is 0 Å². The third kappa shape index (κ3) is 4.71. The SMILES string of the molecule is C=CCC/C(C)=N/NC(=O)c1cccc([N+](=O)[O-])c1. The number of nitrogens with one attached hydrogen (secondary N) is 1. The number of hydrazone groups is 1. The molecule has 0 saturated carbocycles. The number of rotatable bonds is 6. The molecule has 0 bridgehead atoms. The van der Waals surface area contributed by atoms with Gasteiger partial charge in [-0.1, -0.05) is 12.1 Å². The number of hydrogen-bond acceptors (Lipinski definition) is 4. The van der Waals surface area contributed by atoms with Crippen LogP contribution >= 0.6 is 0 Å². The number of non-ortho nitro benzene ring substituents is 1. The fourth-order valence-electron chi connectivity index (χ4n) is 1.34. The van der Waals surface area contributed by atoms with E-state index in [-0.39, 0.29) is 11.3 Å². The Kier molecular flexibility index (Phi) is 5.40. The minimum Gasteiger partial charge on any atom is -0.267 e. The van der Waals surface area contributed by atoms with E-state index in [9.17, 15) is 14.9 Å². The van der Waals surface area contributed by atoms with E-state index in [1.165, 1.54) is 24.3 Å². The second-order valence-electron chi connectivity index (χ2n) is 3.92. The van der Waals surface area contributed by atoms with Crippen LogP contribution in [0.25, 0.3) is 0 Å². The van der Waals surface area contributed by atoms with E-state index >= 15 is 0 Å². The first-order valence-electron chi connectivity index (χ1n) is 5.73. The number of allylic oxidation sites excluding steroid dienone is 1. The van der Waals surface area contributed by atoms with Crippen molar-refractivity contribution < 1.29 is 9.72 Å².